The van der Waals surface area contributed by atoms with Crippen LogP contribution in [0.25, 0.3) is 28.2 Å². The number of benzene rings is 1. The van der Waals surface area contributed by atoms with Gasteiger partial charge in [-0.15, -0.1) is 0 Å². The van der Waals surface area contributed by atoms with Crippen LogP contribution >= 0.6 is 0 Å². The normalized spacial score (nSPS) is 11.0. The molecule has 2 aromatic heterocycles. The van der Waals surface area contributed by atoms with Crippen LogP contribution in [0.2, 0.25) is 0 Å². The molecule has 0 bridgehead atoms. The third kappa shape index (κ3) is 2.20. The molecule has 0 saturated carbocycles. The lowest BCUT2D eigenvalue weighted by atomic mass is 10.2. The van der Waals surface area contributed by atoms with Gasteiger partial charge in [-0.2, -0.15) is 10.2 Å². The van der Waals surface area contributed by atoms with E-state index in [9.17, 15) is 8.78 Å². The van der Waals surface area contributed by atoms with Crippen LogP contribution in [0.4, 0.5) is 8.78 Å². The van der Waals surface area contributed by atoms with Crippen molar-refractivity contribution < 1.29 is 8.78 Å². The first-order chi connectivity index (χ1) is 10.1. The summed E-state index contributed by atoms with van der Waals surface area (Å²) >= 11 is 0. The van der Waals surface area contributed by atoms with Gasteiger partial charge in [0.05, 0.1) is 23.1 Å². The molecule has 3 rings (SSSR count). The fraction of sp³-hybridized carbons (Fsp3) is 0.125. The average Bonchev–Trinajstić information content (AvgIpc) is 2.85. The lowest BCUT2D eigenvalue weighted by molar-refractivity contribution is 0.510. The first-order valence-electron chi connectivity index (χ1n) is 6.58. The number of aryl methyl sites for hydroxylation is 1. The molecule has 106 valence electrons. The van der Waals surface area contributed by atoms with Gasteiger partial charge in [0.25, 0.3) is 0 Å². The Bertz CT molecular complexity index is 837. The molecule has 0 radical (unpaired) electrons. The molecule has 0 aliphatic heterocycles. The van der Waals surface area contributed by atoms with Crippen molar-refractivity contribution in [2.24, 2.45) is 0 Å². The van der Waals surface area contributed by atoms with E-state index in [1.165, 1.54) is 12.1 Å². The van der Waals surface area contributed by atoms with Crippen LogP contribution < -0.4 is 0 Å². The first-order valence-corrected chi connectivity index (χ1v) is 6.58. The Morgan fingerprint density at radius 1 is 1.19 bits per heavy atom. The zero-order valence-electron chi connectivity index (χ0n) is 11.5. The molecule has 3 aromatic rings. The predicted octanol–water partition coefficient (Wildman–Crippen LogP) is 4.04. The van der Waals surface area contributed by atoms with Crippen molar-refractivity contribution in [3.8, 4) is 11.3 Å². The molecule has 0 aliphatic carbocycles. The predicted molar refractivity (Wildman–Crippen MR) is 78.6 cm³/mol. The lowest BCUT2D eigenvalue weighted by Gasteiger charge is -2.08. The van der Waals surface area contributed by atoms with Gasteiger partial charge in [-0.3, -0.25) is 0 Å². The highest BCUT2D eigenvalue weighted by atomic mass is 19.2. The lowest BCUT2D eigenvalue weighted by Crippen LogP contribution is -1.98. The van der Waals surface area contributed by atoms with Crippen molar-refractivity contribution >= 4 is 17.0 Å². The van der Waals surface area contributed by atoms with E-state index in [1.54, 1.807) is 12.3 Å². The minimum atomic E-state index is -0.846. The summed E-state index contributed by atoms with van der Waals surface area (Å²) in [5, 5.41) is 8.51. The Kier molecular flexibility index (Phi) is 3.25. The van der Waals surface area contributed by atoms with Gasteiger partial charge in [0.1, 0.15) is 0 Å². The van der Waals surface area contributed by atoms with E-state index in [4.69, 9.17) is 0 Å². The third-order valence-electron chi connectivity index (χ3n) is 3.44. The molecule has 1 aromatic carbocycles. The summed E-state index contributed by atoms with van der Waals surface area (Å²) < 4.78 is 28.8. The second-order valence-corrected chi connectivity index (χ2v) is 4.67. The Balaban J connectivity index is 2.28. The van der Waals surface area contributed by atoms with E-state index >= 15 is 0 Å². The second kappa shape index (κ2) is 5.09. The fourth-order valence-electron chi connectivity index (χ4n) is 2.46. The zero-order chi connectivity index (χ0) is 15.0. The van der Waals surface area contributed by atoms with Crippen LogP contribution in [0.15, 0.2) is 37.0 Å². The van der Waals surface area contributed by atoms with E-state index in [0.717, 1.165) is 11.3 Å². The van der Waals surface area contributed by atoms with E-state index in [-0.39, 0.29) is 0 Å². The molecule has 0 amide bonds. The summed E-state index contributed by atoms with van der Waals surface area (Å²) in [6.07, 6.45) is 3.23. The first kappa shape index (κ1) is 13.4. The van der Waals surface area contributed by atoms with Gasteiger partial charge in [-0.1, -0.05) is 6.58 Å². The van der Waals surface area contributed by atoms with Crippen LogP contribution in [0, 0.1) is 11.6 Å². The second-order valence-electron chi connectivity index (χ2n) is 4.67. The summed E-state index contributed by atoms with van der Waals surface area (Å²) in [5.74, 6) is -1.69. The minimum Gasteiger partial charge on any atom is -0.341 e. The smallest absolute Gasteiger partial charge is 0.160 e. The minimum absolute atomic E-state index is 0.635. The Hall–Kier alpha value is -2.56. The van der Waals surface area contributed by atoms with E-state index in [0.29, 0.717) is 23.1 Å². The maximum atomic E-state index is 13.5. The van der Waals surface area contributed by atoms with Gasteiger partial charge >= 0.3 is 0 Å². The third-order valence-corrected chi connectivity index (χ3v) is 3.44. The maximum absolute atomic E-state index is 13.5. The molecule has 0 atom stereocenters. The molecule has 0 spiro atoms. The summed E-state index contributed by atoms with van der Waals surface area (Å²) in [7, 11) is 0. The van der Waals surface area contributed by atoms with Crippen LogP contribution in [0.5, 0.6) is 0 Å². The van der Waals surface area contributed by atoms with Crippen LogP contribution in [0.1, 0.15) is 12.6 Å². The molecule has 21 heavy (non-hydrogen) atoms. The molecule has 0 unspecified atom stereocenters. The number of nitrogens with zero attached hydrogens (tertiary/aromatic N) is 3. The number of aromatic nitrogens is 3. The molecule has 0 fully saturated rings. The molecule has 5 heteroatoms. The summed E-state index contributed by atoms with van der Waals surface area (Å²) in [4.78, 5) is 0. The molecule has 0 aliphatic rings. The molecule has 0 saturated heterocycles. The van der Waals surface area contributed by atoms with Crippen LogP contribution in [-0.2, 0) is 6.54 Å². The average molecular weight is 285 g/mol. The SMILES string of the molecule is C=Cc1cc(-c2cc3cc(F)c(F)cc3n2CC)cnn1. The molecule has 3 nitrogen and oxygen atoms in total. The summed E-state index contributed by atoms with van der Waals surface area (Å²) in [5.41, 5.74) is 2.98. The van der Waals surface area contributed by atoms with Gasteiger partial charge in [-0.25, -0.2) is 8.78 Å². The fourth-order valence-corrected chi connectivity index (χ4v) is 2.46. The van der Waals surface area contributed by atoms with Crippen LogP contribution in [0.3, 0.4) is 0 Å². The highest BCUT2D eigenvalue weighted by Crippen LogP contribution is 2.29. The number of halogens is 2. The number of hydrogen-bond donors (Lipinski definition) is 0. The number of rotatable bonds is 3. The zero-order valence-corrected chi connectivity index (χ0v) is 11.5. The van der Waals surface area contributed by atoms with E-state index in [1.807, 2.05) is 23.6 Å². The quantitative estimate of drug-likeness (QED) is 0.727. The molecular weight excluding hydrogens is 272 g/mol. The molecular formula is C16H13F2N3. The van der Waals surface area contributed by atoms with Crippen molar-refractivity contribution in [1.29, 1.82) is 0 Å². The maximum Gasteiger partial charge on any atom is 0.160 e. The number of fused-ring (bicyclic) bond motifs is 1. The van der Waals surface area contributed by atoms with E-state index < -0.39 is 11.6 Å². The van der Waals surface area contributed by atoms with Gasteiger partial charge in [0.15, 0.2) is 11.6 Å². The topological polar surface area (TPSA) is 30.7 Å². The largest absolute Gasteiger partial charge is 0.341 e. The van der Waals surface area contributed by atoms with Crippen molar-refractivity contribution in [2.45, 2.75) is 13.5 Å². The van der Waals surface area contributed by atoms with Gasteiger partial charge < -0.3 is 4.57 Å². The number of hydrogen-bond acceptors (Lipinski definition) is 2. The van der Waals surface area contributed by atoms with Crippen molar-refractivity contribution in [1.82, 2.24) is 14.8 Å². The molecule has 2 heterocycles. The van der Waals surface area contributed by atoms with Crippen molar-refractivity contribution in [3.63, 3.8) is 0 Å². The standard InChI is InChI=1S/C16H13F2N3/c1-3-12-5-11(9-19-20-12)15-7-10-6-13(17)14(18)8-16(10)21(15)4-2/h3,5-9H,1,4H2,2H3. The summed E-state index contributed by atoms with van der Waals surface area (Å²) in [6.45, 7) is 6.25. The van der Waals surface area contributed by atoms with Gasteiger partial charge in [0, 0.05) is 23.6 Å². The highest BCUT2D eigenvalue weighted by Gasteiger charge is 2.13. The molecule has 0 N–H and O–H groups in total. The van der Waals surface area contributed by atoms with Gasteiger partial charge in [-0.05, 0) is 31.2 Å². The Morgan fingerprint density at radius 2 is 1.95 bits per heavy atom. The Morgan fingerprint density at radius 3 is 2.67 bits per heavy atom. The van der Waals surface area contributed by atoms with Crippen molar-refractivity contribution in [2.75, 3.05) is 0 Å². The van der Waals surface area contributed by atoms with Gasteiger partial charge in [0.2, 0.25) is 0 Å². The summed E-state index contributed by atoms with van der Waals surface area (Å²) in [6, 6.07) is 6.10. The van der Waals surface area contributed by atoms with Crippen LogP contribution in [-0.4, -0.2) is 14.8 Å². The van der Waals surface area contributed by atoms with E-state index in [2.05, 4.69) is 16.8 Å². The highest BCUT2D eigenvalue weighted by molar-refractivity contribution is 5.87. The Labute approximate surface area is 120 Å². The monoisotopic (exact) mass is 285 g/mol. The van der Waals surface area contributed by atoms with Crippen molar-refractivity contribution in [3.05, 3.63) is 54.4 Å².